The fourth-order valence-corrected chi connectivity index (χ4v) is 1.98. The zero-order chi connectivity index (χ0) is 14.9. The van der Waals surface area contributed by atoms with Crippen LogP contribution in [-0.2, 0) is 0 Å². The van der Waals surface area contributed by atoms with Crippen molar-refractivity contribution in [2.24, 2.45) is 0 Å². The lowest BCUT2D eigenvalue weighted by Crippen LogP contribution is -1.93. The number of hydrogen-bond donors (Lipinski definition) is 0. The van der Waals surface area contributed by atoms with Crippen LogP contribution in [0.1, 0.15) is 25.3 Å². The molecular formula is C19H19NO. The van der Waals surface area contributed by atoms with Crippen LogP contribution in [0.15, 0.2) is 60.7 Å². The Balaban J connectivity index is 1.96. The Labute approximate surface area is 126 Å². The first-order chi connectivity index (χ1) is 10.3. The van der Waals surface area contributed by atoms with Crippen molar-refractivity contribution < 1.29 is 4.74 Å². The van der Waals surface area contributed by atoms with Gasteiger partial charge in [-0.05, 0) is 41.8 Å². The number of unbranched alkanes of at least 4 members (excludes halogenated alkanes) is 1. The van der Waals surface area contributed by atoms with Crippen LogP contribution in [0.4, 0.5) is 0 Å². The van der Waals surface area contributed by atoms with Gasteiger partial charge in [-0.2, -0.15) is 5.26 Å². The molecule has 2 aromatic carbocycles. The molecule has 0 atom stereocenters. The lowest BCUT2D eigenvalue weighted by atomic mass is 10.0. The summed E-state index contributed by atoms with van der Waals surface area (Å²) >= 11 is 0. The molecule has 0 aromatic heterocycles. The van der Waals surface area contributed by atoms with Gasteiger partial charge in [0.25, 0.3) is 0 Å². The zero-order valence-corrected chi connectivity index (χ0v) is 12.3. The molecule has 0 radical (unpaired) electrons. The second-order valence-corrected chi connectivity index (χ2v) is 4.78. The van der Waals surface area contributed by atoms with Crippen molar-refractivity contribution >= 4 is 0 Å². The van der Waals surface area contributed by atoms with Crippen molar-refractivity contribution in [2.75, 3.05) is 6.61 Å². The Morgan fingerprint density at radius 1 is 0.952 bits per heavy atom. The summed E-state index contributed by atoms with van der Waals surface area (Å²) in [5.74, 6) is 0.869. The van der Waals surface area contributed by atoms with Crippen LogP contribution in [0.25, 0.3) is 11.1 Å². The molecule has 0 bridgehead atoms. The van der Waals surface area contributed by atoms with Crippen LogP contribution in [0.2, 0.25) is 0 Å². The van der Waals surface area contributed by atoms with Crippen molar-refractivity contribution in [1.82, 2.24) is 0 Å². The van der Waals surface area contributed by atoms with Crippen molar-refractivity contribution in [3.05, 3.63) is 66.2 Å². The summed E-state index contributed by atoms with van der Waals surface area (Å²) in [6, 6.07) is 17.7. The molecule has 0 N–H and O–H groups in total. The third kappa shape index (κ3) is 4.50. The standard InChI is InChI=1S/C19H19NO/c1-2-3-4-5-14-21-19-12-10-18(11-13-19)17-8-6-16(15-20)7-9-17/h4-13H,2-3,14H2,1H3. The molecule has 0 amide bonds. The fourth-order valence-electron chi connectivity index (χ4n) is 1.98. The first-order valence-corrected chi connectivity index (χ1v) is 7.22. The highest BCUT2D eigenvalue weighted by Gasteiger charge is 1.99. The van der Waals surface area contributed by atoms with E-state index in [2.05, 4.69) is 25.1 Å². The van der Waals surface area contributed by atoms with E-state index in [0.29, 0.717) is 12.2 Å². The molecule has 0 aliphatic heterocycles. The molecule has 21 heavy (non-hydrogen) atoms. The predicted octanol–water partition coefficient (Wildman–Crippen LogP) is 4.96. The van der Waals surface area contributed by atoms with Gasteiger partial charge in [0.05, 0.1) is 11.6 Å². The average Bonchev–Trinajstić information content (AvgIpc) is 2.55. The van der Waals surface area contributed by atoms with E-state index < -0.39 is 0 Å². The van der Waals surface area contributed by atoms with E-state index in [1.165, 1.54) is 0 Å². The van der Waals surface area contributed by atoms with E-state index in [1.54, 1.807) is 0 Å². The molecule has 2 nitrogen and oxygen atoms in total. The highest BCUT2D eigenvalue weighted by Crippen LogP contribution is 2.22. The number of allylic oxidation sites excluding steroid dienone is 1. The van der Waals surface area contributed by atoms with Crippen molar-refractivity contribution in [3.8, 4) is 22.9 Å². The van der Waals surface area contributed by atoms with Gasteiger partial charge in [-0.25, -0.2) is 0 Å². The molecular weight excluding hydrogens is 258 g/mol. The van der Waals surface area contributed by atoms with Crippen molar-refractivity contribution in [2.45, 2.75) is 19.8 Å². The Morgan fingerprint density at radius 3 is 2.14 bits per heavy atom. The number of benzene rings is 2. The summed E-state index contributed by atoms with van der Waals surface area (Å²) in [5, 5.41) is 8.80. The van der Waals surface area contributed by atoms with Gasteiger partial charge in [-0.1, -0.05) is 49.8 Å². The quantitative estimate of drug-likeness (QED) is 0.699. The Kier molecular flexibility index (Phi) is 5.60. The molecule has 0 saturated heterocycles. The summed E-state index contributed by atoms with van der Waals surface area (Å²) < 4.78 is 5.65. The number of nitrogens with zero attached hydrogens (tertiary/aromatic N) is 1. The van der Waals surface area contributed by atoms with Crippen molar-refractivity contribution in [3.63, 3.8) is 0 Å². The number of ether oxygens (including phenoxy) is 1. The second-order valence-electron chi connectivity index (χ2n) is 4.78. The van der Waals surface area contributed by atoms with Crippen molar-refractivity contribution in [1.29, 1.82) is 5.26 Å². The van der Waals surface area contributed by atoms with Crippen LogP contribution >= 0.6 is 0 Å². The summed E-state index contributed by atoms with van der Waals surface area (Å²) in [6.07, 6.45) is 6.46. The summed E-state index contributed by atoms with van der Waals surface area (Å²) in [6.45, 7) is 2.77. The van der Waals surface area contributed by atoms with E-state index in [4.69, 9.17) is 10.00 Å². The molecule has 0 aliphatic rings. The van der Waals surface area contributed by atoms with Gasteiger partial charge in [-0.15, -0.1) is 0 Å². The largest absolute Gasteiger partial charge is 0.490 e. The molecule has 0 unspecified atom stereocenters. The molecule has 2 heteroatoms. The van der Waals surface area contributed by atoms with Crippen LogP contribution in [-0.4, -0.2) is 6.61 Å². The van der Waals surface area contributed by atoms with E-state index in [9.17, 15) is 0 Å². The molecule has 0 fully saturated rings. The Hall–Kier alpha value is -2.53. The lowest BCUT2D eigenvalue weighted by molar-refractivity contribution is 0.362. The third-order valence-corrected chi connectivity index (χ3v) is 3.17. The zero-order valence-electron chi connectivity index (χ0n) is 12.3. The van der Waals surface area contributed by atoms with E-state index in [0.717, 1.165) is 29.7 Å². The number of hydrogen-bond acceptors (Lipinski definition) is 2. The fraction of sp³-hybridized carbons (Fsp3) is 0.211. The maximum Gasteiger partial charge on any atom is 0.119 e. The molecule has 2 rings (SSSR count). The van der Waals surface area contributed by atoms with E-state index in [1.807, 2.05) is 48.5 Å². The normalized spacial score (nSPS) is 10.5. The van der Waals surface area contributed by atoms with Crippen LogP contribution in [0.3, 0.4) is 0 Å². The minimum atomic E-state index is 0.607. The van der Waals surface area contributed by atoms with Gasteiger partial charge in [0.2, 0.25) is 0 Å². The van der Waals surface area contributed by atoms with E-state index in [-0.39, 0.29) is 0 Å². The first-order valence-electron chi connectivity index (χ1n) is 7.22. The summed E-state index contributed by atoms with van der Waals surface area (Å²) in [7, 11) is 0. The highest BCUT2D eigenvalue weighted by molar-refractivity contribution is 5.64. The second kappa shape index (κ2) is 7.91. The molecule has 106 valence electrons. The maximum absolute atomic E-state index is 8.80. The van der Waals surface area contributed by atoms with Crippen LogP contribution in [0.5, 0.6) is 5.75 Å². The van der Waals surface area contributed by atoms with Gasteiger partial charge in [0, 0.05) is 0 Å². The number of nitriles is 1. The van der Waals surface area contributed by atoms with Gasteiger partial charge < -0.3 is 4.74 Å². The molecule has 2 aromatic rings. The highest BCUT2D eigenvalue weighted by atomic mass is 16.5. The van der Waals surface area contributed by atoms with Gasteiger partial charge in [-0.3, -0.25) is 0 Å². The smallest absolute Gasteiger partial charge is 0.119 e. The first kappa shape index (κ1) is 14.9. The summed E-state index contributed by atoms with van der Waals surface area (Å²) in [5.41, 5.74) is 2.90. The van der Waals surface area contributed by atoms with Gasteiger partial charge in [0.15, 0.2) is 0 Å². The third-order valence-electron chi connectivity index (χ3n) is 3.17. The SMILES string of the molecule is CCCC=CCOc1ccc(-c2ccc(C#N)cc2)cc1. The molecule has 0 spiro atoms. The van der Waals surface area contributed by atoms with Crippen LogP contribution < -0.4 is 4.74 Å². The topological polar surface area (TPSA) is 33.0 Å². The predicted molar refractivity (Wildman–Crippen MR) is 86.1 cm³/mol. The van der Waals surface area contributed by atoms with Crippen LogP contribution in [0, 0.1) is 11.3 Å². The molecule has 0 aliphatic carbocycles. The van der Waals surface area contributed by atoms with Gasteiger partial charge >= 0.3 is 0 Å². The van der Waals surface area contributed by atoms with E-state index >= 15 is 0 Å². The minimum absolute atomic E-state index is 0.607. The van der Waals surface area contributed by atoms with Gasteiger partial charge in [0.1, 0.15) is 12.4 Å². The minimum Gasteiger partial charge on any atom is -0.490 e. The number of rotatable bonds is 6. The molecule has 0 heterocycles. The lowest BCUT2D eigenvalue weighted by Gasteiger charge is -2.05. The Bertz CT molecular complexity index is 618. The average molecular weight is 277 g/mol. The monoisotopic (exact) mass is 277 g/mol. The molecule has 0 saturated carbocycles. The summed E-state index contributed by atoms with van der Waals surface area (Å²) in [4.78, 5) is 0. The Morgan fingerprint density at radius 2 is 1.57 bits per heavy atom. The maximum atomic E-state index is 8.80.